The number of benzene rings is 1. The number of hydrogen-bond donors (Lipinski definition) is 1. The van der Waals surface area contributed by atoms with Crippen LogP contribution in [-0.2, 0) is 9.53 Å². The smallest absolute Gasteiger partial charge is 0.325 e. The number of carbonyl (C=O) groups is 1. The maximum absolute atomic E-state index is 11.6. The highest BCUT2D eigenvalue weighted by molar-refractivity contribution is 9.10. The van der Waals surface area contributed by atoms with E-state index in [1.54, 1.807) is 11.8 Å². The van der Waals surface area contributed by atoms with Crippen molar-refractivity contribution in [1.82, 2.24) is 0 Å². The SMILES string of the molecule is COC(=O)C1(N)CCC(Sc2ccccc2Br)C1. The summed E-state index contributed by atoms with van der Waals surface area (Å²) >= 11 is 5.30. The van der Waals surface area contributed by atoms with Crippen molar-refractivity contribution in [3.63, 3.8) is 0 Å². The Kier molecular flexibility index (Phi) is 4.35. The Bertz CT molecular complexity index is 454. The molecule has 98 valence electrons. The van der Waals surface area contributed by atoms with Crippen molar-refractivity contribution in [2.45, 2.75) is 34.9 Å². The zero-order valence-corrected chi connectivity index (χ0v) is 12.6. The second-order valence-corrected chi connectivity index (χ2v) is 6.76. The highest BCUT2D eigenvalue weighted by Crippen LogP contribution is 2.41. The van der Waals surface area contributed by atoms with Crippen molar-refractivity contribution in [2.24, 2.45) is 5.73 Å². The van der Waals surface area contributed by atoms with E-state index < -0.39 is 5.54 Å². The lowest BCUT2D eigenvalue weighted by atomic mass is 10.00. The van der Waals surface area contributed by atoms with Crippen LogP contribution in [0.25, 0.3) is 0 Å². The maximum Gasteiger partial charge on any atom is 0.325 e. The Balaban J connectivity index is 2.02. The second-order valence-electron chi connectivity index (χ2n) is 4.56. The topological polar surface area (TPSA) is 52.3 Å². The molecule has 0 bridgehead atoms. The van der Waals surface area contributed by atoms with Crippen LogP contribution in [0.1, 0.15) is 19.3 Å². The minimum absolute atomic E-state index is 0.294. The quantitative estimate of drug-likeness (QED) is 0.866. The summed E-state index contributed by atoms with van der Waals surface area (Å²) in [4.78, 5) is 12.8. The molecule has 0 amide bonds. The molecule has 5 heteroatoms. The molecule has 1 aliphatic rings. The van der Waals surface area contributed by atoms with Gasteiger partial charge in [-0.05, 0) is 47.3 Å². The molecular formula is C13H16BrNO2S. The highest BCUT2D eigenvalue weighted by Gasteiger charge is 2.43. The lowest BCUT2D eigenvalue weighted by Crippen LogP contribution is -2.46. The van der Waals surface area contributed by atoms with Gasteiger partial charge < -0.3 is 10.5 Å². The third kappa shape index (κ3) is 2.90. The zero-order chi connectivity index (χ0) is 13.2. The van der Waals surface area contributed by atoms with E-state index in [9.17, 15) is 4.79 Å². The first kappa shape index (κ1) is 13.9. The molecular weight excluding hydrogens is 314 g/mol. The van der Waals surface area contributed by atoms with E-state index in [-0.39, 0.29) is 5.97 Å². The van der Waals surface area contributed by atoms with Gasteiger partial charge in [-0.3, -0.25) is 4.79 Å². The van der Waals surface area contributed by atoms with Crippen molar-refractivity contribution >= 4 is 33.7 Å². The molecule has 3 nitrogen and oxygen atoms in total. The number of hydrogen-bond acceptors (Lipinski definition) is 4. The van der Waals surface area contributed by atoms with Crippen molar-refractivity contribution < 1.29 is 9.53 Å². The number of esters is 1. The highest BCUT2D eigenvalue weighted by atomic mass is 79.9. The van der Waals surface area contributed by atoms with Gasteiger partial charge in [0.25, 0.3) is 0 Å². The molecule has 2 atom stereocenters. The van der Waals surface area contributed by atoms with Crippen LogP contribution >= 0.6 is 27.7 Å². The predicted octanol–water partition coefficient (Wildman–Crippen LogP) is 2.96. The first-order chi connectivity index (χ1) is 8.55. The molecule has 1 fully saturated rings. The first-order valence-corrected chi connectivity index (χ1v) is 7.51. The van der Waals surface area contributed by atoms with Crippen molar-refractivity contribution in [1.29, 1.82) is 0 Å². The summed E-state index contributed by atoms with van der Waals surface area (Å²) in [5.41, 5.74) is 5.30. The molecule has 1 aliphatic carbocycles. The zero-order valence-electron chi connectivity index (χ0n) is 10.2. The fourth-order valence-electron chi connectivity index (χ4n) is 2.24. The Morgan fingerprint density at radius 3 is 2.94 bits per heavy atom. The van der Waals surface area contributed by atoms with Crippen LogP contribution in [0.5, 0.6) is 0 Å². The molecule has 2 unspecified atom stereocenters. The second kappa shape index (κ2) is 5.63. The van der Waals surface area contributed by atoms with Gasteiger partial charge >= 0.3 is 5.97 Å². The van der Waals surface area contributed by atoms with Gasteiger partial charge in [-0.1, -0.05) is 12.1 Å². The van der Waals surface area contributed by atoms with Crippen LogP contribution < -0.4 is 5.73 Å². The largest absolute Gasteiger partial charge is 0.468 e. The Morgan fingerprint density at radius 2 is 2.28 bits per heavy atom. The van der Waals surface area contributed by atoms with Crippen LogP contribution in [0.3, 0.4) is 0 Å². The standard InChI is InChI=1S/C13H16BrNO2S/c1-17-12(16)13(15)7-6-9(8-13)18-11-5-3-2-4-10(11)14/h2-5,9H,6-8,15H2,1H3. The summed E-state index contributed by atoms with van der Waals surface area (Å²) < 4.78 is 5.86. The van der Waals surface area contributed by atoms with Gasteiger partial charge in [0, 0.05) is 14.6 Å². The molecule has 2 N–H and O–H groups in total. The molecule has 0 saturated heterocycles. The van der Waals surface area contributed by atoms with Gasteiger partial charge in [0.05, 0.1) is 7.11 Å². The Morgan fingerprint density at radius 1 is 1.56 bits per heavy atom. The minimum Gasteiger partial charge on any atom is -0.468 e. The van der Waals surface area contributed by atoms with Crippen molar-refractivity contribution in [2.75, 3.05) is 7.11 Å². The molecule has 1 aromatic rings. The molecule has 2 rings (SSSR count). The van der Waals surface area contributed by atoms with Gasteiger partial charge in [0.2, 0.25) is 0 Å². The number of ether oxygens (including phenoxy) is 1. The summed E-state index contributed by atoms with van der Waals surface area (Å²) in [5.74, 6) is -0.294. The summed E-state index contributed by atoms with van der Waals surface area (Å²) in [6, 6.07) is 8.10. The molecule has 0 spiro atoms. The number of rotatable bonds is 3. The Hall–Kier alpha value is -0.520. The van der Waals surface area contributed by atoms with E-state index in [4.69, 9.17) is 10.5 Å². The number of nitrogens with two attached hydrogens (primary N) is 1. The van der Waals surface area contributed by atoms with Gasteiger partial charge in [0.15, 0.2) is 0 Å². The molecule has 1 saturated carbocycles. The van der Waals surface area contributed by atoms with Crippen LogP contribution in [-0.4, -0.2) is 23.9 Å². The molecule has 0 aromatic heterocycles. The number of halogens is 1. The molecule has 0 radical (unpaired) electrons. The fourth-order valence-corrected chi connectivity index (χ4v) is 4.12. The van der Waals surface area contributed by atoms with Crippen molar-refractivity contribution in [3.8, 4) is 0 Å². The third-order valence-corrected chi connectivity index (χ3v) is 5.53. The summed E-state index contributed by atoms with van der Waals surface area (Å²) in [5, 5.41) is 0.368. The normalized spacial score (nSPS) is 27.2. The van der Waals surface area contributed by atoms with E-state index in [2.05, 4.69) is 22.0 Å². The molecule has 0 aliphatic heterocycles. The van der Waals surface area contributed by atoms with Crippen LogP contribution in [0.4, 0.5) is 0 Å². The molecule has 0 heterocycles. The predicted molar refractivity (Wildman–Crippen MR) is 76.6 cm³/mol. The van der Waals surface area contributed by atoms with E-state index in [0.717, 1.165) is 10.9 Å². The van der Waals surface area contributed by atoms with E-state index in [1.165, 1.54) is 12.0 Å². The third-order valence-electron chi connectivity index (χ3n) is 3.23. The van der Waals surface area contributed by atoms with E-state index >= 15 is 0 Å². The molecule has 18 heavy (non-hydrogen) atoms. The first-order valence-electron chi connectivity index (χ1n) is 5.83. The monoisotopic (exact) mass is 329 g/mol. The van der Waals surface area contributed by atoms with Crippen LogP contribution in [0.2, 0.25) is 0 Å². The van der Waals surface area contributed by atoms with Crippen LogP contribution in [0, 0.1) is 0 Å². The van der Waals surface area contributed by atoms with E-state index in [1.807, 2.05) is 18.2 Å². The number of thioether (sulfide) groups is 1. The average Bonchev–Trinajstić information content (AvgIpc) is 2.74. The number of methoxy groups -OCH3 is 1. The lowest BCUT2D eigenvalue weighted by Gasteiger charge is -2.20. The van der Waals surface area contributed by atoms with Crippen molar-refractivity contribution in [3.05, 3.63) is 28.7 Å². The van der Waals surface area contributed by atoms with Gasteiger partial charge in [0.1, 0.15) is 5.54 Å². The van der Waals surface area contributed by atoms with Gasteiger partial charge in [-0.25, -0.2) is 0 Å². The maximum atomic E-state index is 11.6. The summed E-state index contributed by atoms with van der Waals surface area (Å²) in [6.07, 6.45) is 2.31. The van der Waals surface area contributed by atoms with E-state index in [0.29, 0.717) is 18.1 Å². The minimum atomic E-state index is -0.798. The van der Waals surface area contributed by atoms with Crippen LogP contribution in [0.15, 0.2) is 33.6 Å². The summed E-state index contributed by atoms with van der Waals surface area (Å²) in [7, 11) is 1.39. The Labute approximate surface area is 120 Å². The van der Waals surface area contributed by atoms with Gasteiger partial charge in [-0.2, -0.15) is 0 Å². The fraction of sp³-hybridized carbons (Fsp3) is 0.462. The number of carbonyl (C=O) groups excluding carboxylic acids is 1. The summed E-state index contributed by atoms with van der Waals surface area (Å²) in [6.45, 7) is 0. The average molecular weight is 330 g/mol. The van der Waals surface area contributed by atoms with Gasteiger partial charge in [-0.15, -0.1) is 11.8 Å². The molecule has 1 aromatic carbocycles. The lowest BCUT2D eigenvalue weighted by molar-refractivity contribution is -0.146.